The van der Waals surface area contributed by atoms with Crippen LogP contribution in [0.2, 0.25) is 0 Å². The Morgan fingerprint density at radius 3 is 1.51 bits per heavy atom. The van der Waals surface area contributed by atoms with E-state index in [-0.39, 0.29) is 17.7 Å². The maximum Gasteiger partial charge on any atom is 0.220 e. The fraction of sp³-hybridized carbons (Fsp3) is 0.773. The maximum absolute atomic E-state index is 12.9. The molecule has 0 aliphatic carbocycles. The highest BCUT2D eigenvalue weighted by Gasteiger charge is 2.16. The van der Waals surface area contributed by atoms with Gasteiger partial charge in [0.15, 0.2) is 5.78 Å². The molecule has 0 saturated heterocycles. The summed E-state index contributed by atoms with van der Waals surface area (Å²) in [6.07, 6.45) is 45.8. The van der Waals surface area contributed by atoms with E-state index in [4.69, 9.17) is 5.73 Å². The molecule has 6 N–H and O–H groups in total. The van der Waals surface area contributed by atoms with Crippen LogP contribution in [0, 0.1) is 0 Å². The van der Waals surface area contributed by atoms with Crippen molar-refractivity contribution in [3.8, 4) is 0 Å². The number of hydrogen-bond acceptors (Lipinski definition) is 6. The third-order valence-electron chi connectivity index (χ3n) is 9.10. The van der Waals surface area contributed by atoms with Gasteiger partial charge in [-0.25, -0.2) is 0 Å². The molecule has 0 bridgehead atoms. The second-order valence-corrected chi connectivity index (χ2v) is 14.0. The molecule has 51 heavy (non-hydrogen) atoms. The largest absolute Gasteiger partial charge is 0.355 e. The maximum atomic E-state index is 12.9. The quantitative estimate of drug-likeness (QED) is 0.0320. The van der Waals surface area contributed by atoms with Crippen LogP contribution in [0.5, 0.6) is 0 Å². The van der Waals surface area contributed by atoms with Gasteiger partial charge in [0, 0.05) is 58.7 Å². The van der Waals surface area contributed by atoms with Gasteiger partial charge in [0.2, 0.25) is 5.91 Å². The minimum atomic E-state index is -0.187. The van der Waals surface area contributed by atoms with Crippen LogP contribution in [0.25, 0.3) is 0 Å². The summed E-state index contributed by atoms with van der Waals surface area (Å²) < 4.78 is 0. The Bertz CT molecular complexity index is 870. The minimum Gasteiger partial charge on any atom is -0.355 e. The lowest BCUT2D eigenvalue weighted by Crippen LogP contribution is -2.47. The molecule has 296 valence electrons. The number of amides is 1. The third-order valence-corrected chi connectivity index (χ3v) is 9.10. The fourth-order valence-corrected chi connectivity index (χ4v) is 5.87. The van der Waals surface area contributed by atoms with Crippen LogP contribution in [0.3, 0.4) is 0 Å². The molecule has 1 atom stereocenters. The second-order valence-electron chi connectivity index (χ2n) is 14.0. The molecule has 0 saturated carbocycles. The fourth-order valence-electron chi connectivity index (χ4n) is 5.87. The topological polar surface area (TPSA) is 108 Å². The Balaban J connectivity index is 3.80. The summed E-state index contributed by atoms with van der Waals surface area (Å²) in [4.78, 5) is 25.1. The molecular formula is C44H83N5O2. The molecular weight excluding hydrogens is 631 g/mol. The van der Waals surface area contributed by atoms with E-state index in [1.54, 1.807) is 0 Å². The van der Waals surface area contributed by atoms with Crippen LogP contribution in [0.15, 0.2) is 48.6 Å². The van der Waals surface area contributed by atoms with Crippen LogP contribution in [0.1, 0.15) is 168 Å². The van der Waals surface area contributed by atoms with E-state index in [0.717, 1.165) is 64.5 Å². The van der Waals surface area contributed by atoms with Crippen molar-refractivity contribution in [1.82, 2.24) is 21.3 Å². The predicted molar refractivity (Wildman–Crippen MR) is 223 cm³/mol. The van der Waals surface area contributed by atoms with Gasteiger partial charge in [-0.05, 0) is 77.0 Å². The first kappa shape index (κ1) is 48.9. The van der Waals surface area contributed by atoms with E-state index in [2.05, 4.69) is 83.7 Å². The molecule has 0 rings (SSSR count). The summed E-state index contributed by atoms with van der Waals surface area (Å²) >= 11 is 0. The van der Waals surface area contributed by atoms with Crippen LogP contribution >= 0.6 is 0 Å². The zero-order valence-electron chi connectivity index (χ0n) is 33.5. The van der Waals surface area contributed by atoms with E-state index in [1.165, 1.54) is 89.9 Å². The zero-order chi connectivity index (χ0) is 37.1. The summed E-state index contributed by atoms with van der Waals surface area (Å²) in [6.45, 7) is 9.20. The molecule has 0 radical (unpaired) electrons. The average Bonchev–Trinajstić information content (AvgIpc) is 3.13. The molecule has 0 aliphatic rings. The number of nitrogens with one attached hydrogen (secondary N) is 4. The Labute approximate surface area is 316 Å². The molecule has 0 spiro atoms. The molecule has 1 amide bonds. The molecule has 0 aromatic rings. The molecule has 1 unspecified atom stereocenters. The summed E-state index contributed by atoms with van der Waals surface area (Å²) in [5.41, 5.74) is 5.64. The first-order valence-electron chi connectivity index (χ1n) is 21.4. The Morgan fingerprint density at radius 2 is 0.980 bits per heavy atom. The van der Waals surface area contributed by atoms with Crippen LogP contribution in [0.4, 0.5) is 0 Å². The summed E-state index contributed by atoms with van der Waals surface area (Å²) in [5, 5.41) is 13.1. The molecule has 0 aromatic heterocycles. The number of nitrogens with two attached hydrogens (primary N) is 1. The smallest absolute Gasteiger partial charge is 0.220 e. The normalized spacial score (nSPS) is 12.7. The molecule has 7 heteroatoms. The number of Topliss-reactive ketones (excluding diaryl/α,β-unsaturated/α-hetero) is 1. The van der Waals surface area contributed by atoms with Gasteiger partial charge in [0.1, 0.15) is 0 Å². The van der Waals surface area contributed by atoms with E-state index in [9.17, 15) is 9.59 Å². The second kappa shape index (κ2) is 42.4. The molecule has 0 aromatic carbocycles. The van der Waals surface area contributed by atoms with E-state index in [0.29, 0.717) is 45.6 Å². The van der Waals surface area contributed by atoms with Crippen molar-refractivity contribution in [2.75, 3.05) is 45.8 Å². The lowest BCUT2D eigenvalue weighted by atomic mass is 10.0. The number of carbonyl (C=O) groups excluding carboxylic acids is 2. The monoisotopic (exact) mass is 714 g/mol. The van der Waals surface area contributed by atoms with Crippen molar-refractivity contribution in [3.05, 3.63) is 48.6 Å². The SMILES string of the molecule is CCCCC/C=C\C/C=C\CCCCCCCC(=O)NCCNCCNC(CNCCN)C(=O)CCCCCCC/C=C\C/C=C\CCCCC. The van der Waals surface area contributed by atoms with Crippen molar-refractivity contribution in [2.24, 2.45) is 5.73 Å². The van der Waals surface area contributed by atoms with Gasteiger partial charge in [0.05, 0.1) is 6.04 Å². The van der Waals surface area contributed by atoms with Gasteiger partial charge in [0.25, 0.3) is 0 Å². The van der Waals surface area contributed by atoms with Gasteiger partial charge in [-0.3, -0.25) is 9.59 Å². The average molecular weight is 714 g/mol. The van der Waals surface area contributed by atoms with Gasteiger partial charge in [-0.2, -0.15) is 0 Å². The number of ketones is 1. The van der Waals surface area contributed by atoms with Gasteiger partial charge < -0.3 is 27.0 Å². The molecule has 0 aliphatic heterocycles. The molecule has 7 nitrogen and oxygen atoms in total. The van der Waals surface area contributed by atoms with Crippen molar-refractivity contribution < 1.29 is 9.59 Å². The van der Waals surface area contributed by atoms with Crippen molar-refractivity contribution >= 4 is 11.7 Å². The highest BCUT2D eigenvalue weighted by molar-refractivity contribution is 5.84. The summed E-state index contributed by atoms with van der Waals surface area (Å²) in [7, 11) is 0. The third kappa shape index (κ3) is 39.0. The standard InChI is InChI=1S/C44H83N5O2/c1-3-5-7-9-11-13-15-17-19-21-23-25-27-29-31-33-43(50)42(41-47-36-35-45)48-39-37-46-38-40-49-44(51)34-32-30-28-26-24-22-20-18-16-14-12-10-8-6-4-2/h11-14,17-20,42,46-48H,3-10,15-16,21-41,45H2,1-2H3,(H,49,51)/b13-11-,14-12-,19-17-,20-18-. The van der Waals surface area contributed by atoms with Gasteiger partial charge in [-0.15, -0.1) is 0 Å². The Morgan fingerprint density at radius 1 is 0.510 bits per heavy atom. The molecule has 0 heterocycles. The lowest BCUT2D eigenvalue weighted by molar-refractivity contribution is -0.122. The van der Waals surface area contributed by atoms with Crippen LogP contribution in [-0.4, -0.2) is 63.5 Å². The van der Waals surface area contributed by atoms with Crippen LogP contribution < -0.4 is 27.0 Å². The first-order chi connectivity index (χ1) is 25.2. The van der Waals surface area contributed by atoms with Gasteiger partial charge >= 0.3 is 0 Å². The van der Waals surface area contributed by atoms with E-state index >= 15 is 0 Å². The highest BCUT2D eigenvalue weighted by atomic mass is 16.1. The number of carbonyl (C=O) groups is 2. The minimum absolute atomic E-state index is 0.144. The van der Waals surface area contributed by atoms with Crippen molar-refractivity contribution in [1.29, 1.82) is 0 Å². The Hall–Kier alpha value is -2.06. The predicted octanol–water partition coefficient (Wildman–Crippen LogP) is 9.39. The first-order valence-corrected chi connectivity index (χ1v) is 21.4. The molecule has 0 fully saturated rings. The Kier molecular flexibility index (Phi) is 40.6. The van der Waals surface area contributed by atoms with Crippen molar-refractivity contribution in [3.63, 3.8) is 0 Å². The van der Waals surface area contributed by atoms with Crippen LogP contribution in [-0.2, 0) is 9.59 Å². The number of rotatable bonds is 40. The van der Waals surface area contributed by atoms with Crippen molar-refractivity contribution in [2.45, 2.75) is 174 Å². The summed E-state index contributed by atoms with van der Waals surface area (Å²) in [6, 6.07) is -0.187. The number of hydrogen-bond donors (Lipinski definition) is 5. The summed E-state index contributed by atoms with van der Waals surface area (Å²) in [5.74, 6) is 0.427. The zero-order valence-corrected chi connectivity index (χ0v) is 33.5. The van der Waals surface area contributed by atoms with E-state index < -0.39 is 0 Å². The number of unbranched alkanes of at least 4 members (excludes halogenated alkanes) is 16. The lowest BCUT2D eigenvalue weighted by Gasteiger charge is -2.18. The number of allylic oxidation sites excluding steroid dienone is 8. The van der Waals surface area contributed by atoms with E-state index in [1.807, 2.05) is 0 Å². The highest BCUT2D eigenvalue weighted by Crippen LogP contribution is 2.10. The van der Waals surface area contributed by atoms with Gasteiger partial charge in [-0.1, -0.05) is 127 Å².